The molecule has 1 rings (SSSR count). The first kappa shape index (κ1) is 9.78. The van der Waals surface area contributed by atoms with Gasteiger partial charge in [-0.25, -0.2) is 0 Å². The fourth-order valence-corrected chi connectivity index (χ4v) is 1.06. The van der Waals surface area contributed by atoms with Crippen molar-refractivity contribution in [1.82, 2.24) is 0 Å². The Hall–Kier alpha value is -1.31. The minimum atomic E-state index is -0.353. The molecule has 1 radical (unpaired) electrons. The van der Waals surface area contributed by atoms with Gasteiger partial charge in [-0.2, -0.15) is 0 Å². The number of hydrogen-bond acceptors (Lipinski definition) is 2. The van der Waals surface area contributed by atoms with Crippen molar-refractivity contribution in [3.8, 4) is 0 Å². The molecule has 0 aliphatic heterocycles. The summed E-state index contributed by atoms with van der Waals surface area (Å²) in [5.74, 6) is 0.105. The summed E-state index contributed by atoms with van der Waals surface area (Å²) in [6, 6.07) is 7.88. The number of nitrogens with two attached hydrogens (primary N) is 1. The number of nitrogen functional groups attached to an aromatic ring is 1. The Labute approximate surface area is 78.8 Å². The molecule has 1 aromatic carbocycles. The van der Waals surface area contributed by atoms with E-state index in [0.29, 0.717) is 11.3 Å². The summed E-state index contributed by atoms with van der Waals surface area (Å²) >= 11 is 0. The summed E-state index contributed by atoms with van der Waals surface area (Å²) in [6.07, 6.45) is 0. The second-order valence-corrected chi connectivity index (χ2v) is 4.11. The minimum absolute atomic E-state index is 0.105. The zero-order chi connectivity index (χ0) is 10.1. The summed E-state index contributed by atoms with van der Waals surface area (Å²) < 4.78 is 0. The van der Waals surface area contributed by atoms with E-state index >= 15 is 0 Å². The lowest BCUT2D eigenvalue weighted by Crippen LogP contribution is -2.20. The molecule has 0 aromatic heterocycles. The molecule has 0 heterocycles. The molecule has 2 N–H and O–H groups in total. The fraction of sp³-hybridized carbons (Fsp3) is 0.364. The topological polar surface area (TPSA) is 43.1 Å². The molecule has 2 nitrogen and oxygen atoms in total. The largest absolute Gasteiger partial charge is 0.398 e. The van der Waals surface area contributed by atoms with Crippen LogP contribution in [0.5, 0.6) is 0 Å². The molecule has 0 fully saturated rings. The van der Waals surface area contributed by atoms with E-state index < -0.39 is 0 Å². The van der Waals surface area contributed by atoms with Gasteiger partial charge < -0.3 is 5.73 Å². The molecule has 0 unspecified atom stereocenters. The second kappa shape index (κ2) is 3.21. The molecule has 0 saturated carbocycles. The van der Waals surface area contributed by atoms with Crippen molar-refractivity contribution < 1.29 is 4.79 Å². The van der Waals surface area contributed by atoms with Gasteiger partial charge in [-0.3, -0.25) is 4.79 Å². The summed E-state index contributed by atoms with van der Waals surface area (Å²) in [6.45, 7) is 5.67. The predicted molar refractivity (Wildman–Crippen MR) is 53.5 cm³/mol. The number of benzene rings is 1. The van der Waals surface area contributed by atoms with Gasteiger partial charge in [0.1, 0.15) is 0 Å². The van der Waals surface area contributed by atoms with Crippen molar-refractivity contribution in [2.75, 3.05) is 5.73 Å². The van der Waals surface area contributed by atoms with E-state index in [1.54, 1.807) is 18.2 Å². The third kappa shape index (κ3) is 2.31. The second-order valence-electron chi connectivity index (χ2n) is 4.11. The standard InChI is InChI=1S/C11H14NO/c1-11(2,3)10(13)8-5-4-6-9(12)7-8/h4-5,7H,12H2,1-3H3. The Bertz CT molecular complexity index is 323. The highest BCUT2D eigenvalue weighted by molar-refractivity contribution is 6.00. The van der Waals surface area contributed by atoms with E-state index in [1.165, 1.54) is 0 Å². The van der Waals surface area contributed by atoms with Gasteiger partial charge in [0.05, 0.1) is 0 Å². The van der Waals surface area contributed by atoms with Crippen LogP contribution in [0.4, 0.5) is 5.69 Å². The molecular formula is C11H14NO. The highest BCUT2D eigenvalue weighted by Crippen LogP contribution is 2.21. The molecule has 0 aliphatic rings. The maximum atomic E-state index is 11.7. The smallest absolute Gasteiger partial charge is 0.168 e. The lowest BCUT2D eigenvalue weighted by molar-refractivity contribution is 0.0858. The van der Waals surface area contributed by atoms with Crippen LogP contribution in [0.3, 0.4) is 0 Å². The van der Waals surface area contributed by atoms with Crippen molar-refractivity contribution in [3.05, 3.63) is 29.8 Å². The third-order valence-electron chi connectivity index (χ3n) is 1.77. The van der Waals surface area contributed by atoms with E-state index in [-0.39, 0.29) is 11.2 Å². The van der Waals surface area contributed by atoms with E-state index in [0.717, 1.165) is 0 Å². The SMILES string of the molecule is CC(C)(C)C(=O)c1cc[c]c(N)c1. The zero-order valence-corrected chi connectivity index (χ0v) is 8.22. The van der Waals surface area contributed by atoms with Gasteiger partial charge in [-0.15, -0.1) is 0 Å². The number of carbonyl (C=O) groups excluding carboxylic acids is 1. The van der Waals surface area contributed by atoms with Crippen molar-refractivity contribution in [1.29, 1.82) is 0 Å². The van der Waals surface area contributed by atoms with Crippen LogP contribution in [0.2, 0.25) is 0 Å². The Kier molecular flexibility index (Phi) is 2.41. The Morgan fingerprint density at radius 3 is 2.54 bits per heavy atom. The Morgan fingerprint density at radius 2 is 2.08 bits per heavy atom. The minimum Gasteiger partial charge on any atom is -0.398 e. The lowest BCUT2D eigenvalue weighted by Gasteiger charge is -2.16. The molecule has 1 aromatic rings. The van der Waals surface area contributed by atoms with Gasteiger partial charge in [-0.1, -0.05) is 32.9 Å². The summed E-state index contributed by atoms with van der Waals surface area (Å²) in [4.78, 5) is 11.7. The third-order valence-corrected chi connectivity index (χ3v) is 1.77. The first-order valence-corrected chi connectivity index (χ1v) is 4.23. The maximum Gasteiger partial charge on any atom is 0.168 e. The molecule has 69 valence electrons. The van der Waals surface area contributed by atoms with E-state index in [2.05, 4.69) is 6.07 Å². The van der Waals surface area contributed by atoms with Crippen LogP contribution in [0.15, 0.2) is 18.2 Å². The Balaban J connectivity index is 3.03. The van der Waals surface area contributed by atoms with E-state index in [1.807, 2.05) is 20.8 Å². The number of Topliss-reactive ketones (excluding diaryl/α,β-unsaturated/α-hetero) is 1. The number of ketones is 1. The van der Waals surface area contributed by atoms with E-state index in [4.69, 9.17) is 5.73 Å². The van der Waals surface area contributed by atoms with Crippen LogP contribution in [0, 0.1) is 11.5 Å². The van der Waals surface area contributed by atoms with Gasteiger partial charge >= 0.3 is 0 Å². The normalized spacial score (nSPS) is 11.3. The number of carbonyl (C=O) groups is 1. The van der Waals surface area contributed by atoms with Crippen LogP contribution < -0.4 is 5.73 Å². The van der Waals surface area contributed by atoms with Gasteiger partial charge in [-0.05, 0) is 6.07 Å². The average Bonchev–Trinajstić information content (AvgIpc) is 2.01. The molecule has 0 atom stereocenters. The van der Waals surface area contributed by atoms with Gasteiger partial charge in [0, 0.05) is 22.7 Å². The van der Waals surface area contributed by atoms with Crippen LogP contribution in [-0.2, 0) is 0 Å². The highest BCUT2D eigenvalue weighted by atomic mass is 16.1. The van der Waals surface area contributed by atoms with Crippen molar-refractivity contribution in [3.63, 3.8) is 0 Å². The molecule has 0 spiro atoms. The monoisotopic (exact) mass is 176 g/mol. The van der Waals surface area contributed by atoms with E-state index in [9.17, 15) is 4.79 Å². The molecule has 0 saturated heterocycles. The molecule has 0 bridgehead atoms. The summed E-state index contributed by atoms with van der Waals surface area (Å²) in [5, 5.41) is 0. The van der Waals surface area contributed by atoms with Crippen molar-refractivity contribution in [2.24, 2.45) is 5.41 Å². The molecule has 13 heavy (non-hydrogen) atoms. The van der Waals surface area contributed by atoms with Gasteiger partial charge in [0.2, 0.25) is 0 Å². The van der Waals surface area contributed by atoms with Gasteiger partial charge in [0.25, 0.3) is 0 Å². The van der Waals surface area contributed by atoms with Crippen LogP contribution in [-0.4, -0.2) is 5.78 Å². The number of anilines is 1. The zero-order valence-electron chi connectivity index (χ0n) is 8.22. The number of rotatable bonds is 1. The molecular weight excluding hydrogens is 162 g/mol. The molecule has 2 heteroatoms. The first-order valence-electron chi connectivity index (χ1n) is 4.23. The van der Waals surface area contributed by atoms with Crippen LogP contribution in [0.25, 0.3) is 0 Å². The van der Waals surface area contributed by atoms with Crippen molar-refractivity contribution in [2.45, 2.75) is 20.8 Å². The van der Waals surface area contributed by atoms with Crippen LogP contribution >= 0.6 is 0 Å². The van der Waals surface area contributed by atoms with Crippen LogP contribution in [0.1, 0.15) is 31.1 Å². The lowest BCUT2D eigenvalue weighted by atomic mass is 9.86. The predicted octanol–water partition coefficient (Wildman–Crippen LogP) is 2.30. The first-order chi connectivity index (χ1) is 5.91. The highest BCUT2D eigenvalue weighted by Gasteiger charge is 2.22. The van der Waals surface area contributed by atoms with Crippen molar-refractivity contribution >= 4 is 11.5 Å². The average molecular weight is 176 g/mol. The Morgan fingerprint density at radius 1 is 1.46 bits per heavy atom. The molecule has 0 aliphatic carbocycles. The quantitative estimate of drug-likeness (QED) is 0.527. The fourth-order valence-electron chi connectivity index (χ4n) is 1.06. The molecule has 0 amide bonds. The summed E-state index contributed by atoms with van der Waals surface area (Å²) in [5.41, 5.74) is 6.34. The summed E-state index contributed by atoms with van der Waals surface area (Å²) in [7, 11) is 0. The van der Waals surface area contributed by atoms with Gasteiger partial charge in [0.15, 0.2) is 5.78 Å². The number of hydrogen-bond donors (Lipinski definition) is 1. The maximum absolute atomic E-state index is 11.7.